The SMILES string of the molecule is CC(C)[C@@H]1CC[C@@H](C)CC1OCC(O)CO. The quantitative estimate of drug-likeness (QED) is 0.757. The number of rotatable bonds is 5. The zero-order valence-electron chi connectivity index (χ0n) is 10.7. The van der Waals surface area contributed by atoms with E-state index in [1.54, 1.807) is 0 Å². The lowest BCUT2D eigenvalue weighted by Crippen LogP contribution is -2.36. The number of ether oxygens (including phenoxy) is 1. The zero-order valence-corrected chi connectivity index (χ0v) is 10.7. The molecule has 1 aliphatic rings. The van der Waals surface area contributed by atoms with E-state index in [0.29, 0.717) is 17.8 Å². The Balaban J connectivity index is 2.44. The van der Waals surface area contributed by atoms with E-state index in [9.17, 15) is 5.11 Å². The summed E-state index contributed by atoms with van der Waals surface area (Å²) in [5.74, 6) is 1.94. The van der Waals surface area contributed by atoms with E-state index in [2.05, 4.69) is 20.8 Å². The van der Waals surface area contributed by atoms with Crippen LogP contribution in [-0.4, -0.2) is 35.6 Å². The van der Waals surface area contributed by atoms with Gasteiger partial charge in [-0.1, -0.05) is 27.2 Å². The highest BCUT2D eigenvalue weighted by Crippen LogP contribution is 2.35. The number of aliphatic hydroxyl groups excluding tert-OH is 2. The van der Waals surface area contributed by atoms with E-state index >= 15 is 0 Å². The molecule has 3 nitrogen and oxygen atoms in total. The highest BCUT2D eigenvalue weighted by Gasteiger charge is 2.31. The molecule has 0 aliphatic heterocycles. The van der Waals surface area contributed by atoms with Crippen molar-refractivity contribution in [3.8, 4) is 0 Å². The van der Waals surface area contributed by atoms with Crippen LogP contribution in [0.4, 0.5) is 0 Å². The Bertz CT molecular complexity index is 194. The molecule has 1 aliphatic carbocycles. The highest BCUT2D eigenvalue weighted by molar-refractivity contribution is 4.81. The van der Waals surface area contributed by atoms with Crippen LogP contribution in [0.5, 0.6) is 0 Å². The molecule has 0 radical (unpaired) electrons. The van der Waals surface area contributed by atoms with Gasteiger partial charge in [0.1, 0.15) is 6.10 Å². The normalized spacial score (nSPS) is 33.0. The highest BCUT2D eigenvalue weighted by atomic mass is 16.5. The van der Waals surface area contributed by atoms with E-state index < -0.39 is 6.10 Å². The molecule has 2 unspecified atom stereocenters. The average Bonchev–Trinajstić information content (AvgIpc) is 2.25. The average molecular weight is 230 g/mol. The van der Waals surface area contributed by atoms with E-state index in [1.165, 1.54) is 12.8 Å². The van der Waals surface area contributed by atoms with Gasteiger partial charge in [-0.05, 0) is 30.6 Å². The monoisotopic (exact) mass is 230 g/mol. The minimum Gasteiger partial charge on any atom is -0.394 e. The van der Waals surface area contributed by atoms with Crippen LogP contribution >= 0.6 is 0 Å². The second-order valence-corrected chi connectivity index (χ2v) is 5.53. The Morgan fingerprint density at radius 3 is 2.56 bits per heavy atom. The fraction of sp³-hybridized carbons (Fsp3) is 1.00. The molecule has 0 aromatic heterocycles. The fourth-order valence-corrected chi connectivity index (χ4v) is 2.59. The van der Waals surface area contributed by atoms with E-state index in [1.807, 2.05) is 0 Å². The molecule has 4 atom stereocenters. The molecule has 0 spiro atoms. The summed E-state index contributed by atoms with van der Waals surface area (Å²) in [6, 6.07) is 0. The summed E-state index contributed by atoms with van der Waals surface area (Å²) in [5.41, 5.74) is 0. The van der Waals surface area contributed by atoms with Crippen LogP contribution in [0, 0.1) is 17.8 Å². The smallest absolute Gasteiger partial charge is 0.100 e. The minimum atomic E-state index is -0.731. The van der Waals surface area contributed by atoms with Gasteiger partial charge < -0.3 is 14.9 Å². The summed E-state index contributed by atoms with van der Waals surface area (Å²) in [5, 5.41) is 18.1. The molecule has 3 heteroatoms. The predicted octanol–water partition coefficient (Wildman–Crippen LogP) is 1.82. The van der Waals surface area contributed by atoms with Crippen molar-refractivity contribution in [2.75, 3.05) is 13.2 Å². The first-order chi connectivity index (χ1) is 7.54. The summed E-state index contributed by atoms with van der Waals surface area (Å²) < 4.78 is 5.77. The molecular formula is C13H26O3. The van der Waals surface area contributed by atoms with Gasteiger partial charge in [-0.25, -0.2) is 0 Å². The Hall–Kier alpha value is -0.120. The molecule has 16 heavy (non-hydrogen) atoms. The van der Waals surface area contributed by atoms with Crippen LogP contribution in [-0.2, 0) is 4.74 Å². The van der Waals surface area contributed by atoms with Crippen LogP contribution in [0.3, 0.4) is 0 Å². The molecule has 2 N–H and O–H groups in total. The molecular weight excluding hydrogens is 204 g/mol. The van der Waals surface area contributed by atoms with Crippen molar-refractivity contribution in [1.82, 2.24) is 0 Å². The molecule has 0 aromatic rings. The molecule has 0 aromatic carbocycles. The Kier molecular flexibility index (Phi) is 5.73. The lowest BCUT2D eigenvalue weighted by Gasteiger charge is -2.37. The summed E-state index contributed by atoms with van der Waals surface area (Å²) in [7, 11) is 0. The summed E-state index contributed by atoms with van der Waals surface area (Å²) in [4.78, 5) is 0. The Labute approximate surface area is 98.8 Å². The predicted molar refractivity (Wildman–Crippen MR) is 64.2 cm³/mol. The Morgan fingerprint density at radius 1 is 1.31 bits per heavy atom. The van der Waals surface area contributed by atoms with Crippen molar-refractivity contribution in [3.05, 3.63) is 0 Å². The van der Waals surface area contributed by atoms with Crippen molar-refractivity contribution >= 4 is 0 Å². The van der Waals surface area contributed by atoms with Gasteiger partial charge in [-0.2, -0.15) is 0 Å². The van der Waals surface area contributed by atoms with Crippen LogP contribution in [0.2, 0.25) is 0 Å². The van der Waals surface area contributed by atoms with Gasteiger partial charge in [0, 0.05) is 0 Å². The number of hydrogen-bond donors (Lipinski definition) is 2. The fourth-order valence-electron chi connectivity index (χ4n) is 2.59. The van der Waals surface area contributed by atoms with Gasteiger partial charge >= 0.3 is 0 Å². The molecule has 1 fully saturated rings. The summed E-state index contributed by atoms with van der Waals surface area (Å²) >= 11 is 0. The van der Waals surface area contributed by atoms with E-state index in [-0.39, 0.29) is 19.3 Å². The maximum absolute atomic E-state index is 9.30. The second-order valence-electron chi connectivity index (χ2n) is 5.53. The van der Waals surface area contributed by atoms with Gasteiger partial charge in [0.05, 0.1) is 19.3 Å². The maximum Gasteiger partial charge on any atom is 0.100 e. The van der Waals surface area contributed by atoms with Crippen LogP contribution in [0.1, 0.15) is 40.0 Å². The maximum atomic E-state index is 9.30. The molecule has 0 saturated heterocycles. The summed E-state index contributed by atoms with van der Waals surface area (Å²) in [6.45, 7) is 6.78. The summed E-state index contributed by atoms with van der Waals surface area (Å²) in [6.07, 6.45) is 3.11. The molecule has 1 rings (SSSR count). The van der Waals surface area contributed by atoms with Crippen molar-refractivity contribution in [2.45, 2.75) is 52.2 Å². The lowest BCUT2D eigenvalue weighted by atomic mass is 9.75. The third-order valence-corrected chi connectivity index (χ3v) is 3.67. The van der Waals surface area contributed by atoms with Gasteiger partial charge in [-0.3, -0.25) is 0 Å². The largest absolute Gasteiger partial charge is 0.394 e. The van der Waals surface area contributed by atoms with E-state index in [4.69, 9.17) is 9.84 Å². The Morgan fingerprint density at radius 2 is 2.00 bits per heavy atom. The first-order valence-electron chi connectivity index (χ1n) is 6.45. The van der Waals surface area contributed by atoms with Gasteiger partial charge in [0.25, 0.3) is 0 Å². The topological polar surface area (TPSA) is 49.7 Å². The molecule has 0 amide bonds. The van der Waals surface area contributed by atoms with Crippen molar-refractivity contribution < 1.29 is 14.9 Å². The zero-order chi connectivity index (χ0) is 12.1. The molecule has 0 bridgehead atoms. The third kappa shape index (κ3) is 4.04. The van der Waals surface area contributed by atoms with Crippen molar-refractivity contribution in [3.63, 3.8) is 0 Å². The van der Waals surface area contributed by atoms with Gasteiger partial charge in [0.15, 0.2) is 0 Å². The molecule has 96 valence electrons. The van der Waals surface area contributed by atoms with Crippen molar-refractivity contribution in [1.29, 1.82) is 0 Å². The first-order valence-corrected chi connectivity index (χ1v) is 6.45. The van der Waals surface area contributed by atoms with Gasteiger partial charge in [0.2, 0.25) is 0 Å². The number of aliphatic hydroxyl groups is 2. The first kappa shape index (κ1) is 13.9. The second kappa shape index (κ2) is 6.58. The van der Waals surface area contributed by atoms with Gasteiger partial charge in [-0.15, -0.1) is 0 Å². The molecule has 0 heterocycles. The van der Waals surface area contributed by atoms with Crippen LogP contribution < -0.4 is 0 Å². The van der Waals surface area contributed by atoms with Crippen LogP contribution in [0.15, 0.2) is 0 Å². The standard InChI is InChI=1S/C13H26O3/c1-9(2)12-5-4-10(3)6-13(12)16-8-11(15)7-14/h9-15H,4-8H2,1-3H3/t10-,11?,12+,13?/m1/s1. The third-order valence-electron chi connectivity index (χ3n) is 3.67. The van der Waals surface area contributed by atoms with Crippen molar-refractivity contribution in [2.24, 2.45) is 17.8 Å². The minimum absolute atomic E-state index is 0.214. The lowest BCUT2D eigenvalue weighted by molar-refractivity contribution is -0.0776. The number of hydrogen-bond acceptors (Lipinski definition) is 3. The van der Waals surface area contributed by atoms with Crippen LogP contribution in [0.25, 0.3) is 0 Å². The molecule has 1 saturated carbocycles. The van der Waals surface area contributed by atoms with E-state index in [0.717, 1.165) is 6.42 Å².